The Morgan fingerprint density at radius 1 is 1.69 bits per heavy atom. The van der Waals surface area contributed by atoms with Gasteiger partial charge in [-0.3, -0.25) is 9.59 Å². The predicted octanol–water partition coefficient (Wildman–Crippen LogP) is 0.213. The number of piperidine rings is 1. The van der Waals surface area contributed by atoms with Crippen molar-refractivity contribution in [2.24, 2.45) is 0 Å². The molecule has 0 bridgehead atoms. The first-order valence-corrected chi connectivity index (χ1v) is 4.54. The molecule has 0 amide bonds. The third kappa shape index (κ3) is 2.81. The van der Waals surface area contributed by atoms with Crippen molar-refractivity contribution in [3.05, 3.63) is 0 Å². The van der Waals surface area contributed by atoms with Crippen LogP contribution < -0.4 is 0 Å². The summed E-state index contributed by atoms with van der Waals surface area (Å²) in [6, 6.07) is 0. The van der Waals surface area contributed by atoms with E-state index in [4.69, 9.17) is 4.74 Å². The van der Waals surface area contributed by atoms with Crippen LogP contribution in [-0.4, -0.2) is 42.9 Å². The summed E-state index contributed by atoms with van der Waals surface area (Å²) in [7, 11) is 1.92. The molecule has 1 rings (SSSR count). The average molecular weight is 185 g/mol. The van der Waals surface area contributed by atoms with Crippen LogP contribution in [0.15, 0.2) is 0 Å². The van der Waals surface area contributed by atoms with Crippen molar-refractivity contribution in [2.45, 2.75) is 25.9 Å². The molecule has 0 N–H and O–H groups in total. The van der Waals surface area contributed by atoms with Gasteiger partial charge in [0.05, 0.1) is 0 Å². The number of ketones is 1. The fourth-order valence-corrected chi connectivity index (χ4v) is 1.28. The Bertz CT molecular complexity index is 215. The van der Waals surface area contributed by atoms with E-state index in [2.05, 4.69) is 0 Å². The van der Waals surface area contributed by atoms with Gasteiger partial charge >= 0.3 is 5.97 Å². The highest BCUT2D eigenvalue weighted by Crippen LogP contribution is 2.08. The van der Waals surface area contributed by atoms with Gasteiger partial charge in [-0.25, -0.2) is 0 Å². The Labute approximate surface area is 77.8 Å². The van der Waals surface area contributed by atoms with E-state index in [0.717, 1.165) is 6.54 Å². The summed E-state index contributed by atoms with van der Waals surface area (Å²) in [6.07, 6.45) is 0.275. The molecule has 0 aromatic carbocycles. The molecule has 4 heteroatoms. The zero-order valence-electron chi connectivity index (χ0n) is 8.08. The molecule has 0 saturated carbocycles. The van der Waals surface area contributed by atoms with Crippen molar-refractivity contribution in [2.75, 3.05) is 20.1 Å². The summed E-state index contributed by atoms with van der Waals surface area (Å²) in [5.74, 6) is -0.256. The van der Waals surface area contributed by atoms with Gasteiger partial charge in [-0.05, 0) is 7.05 Å². The van der Waals surface area contributed by atoms with Crippen molar-refractivity contribution in [1.29, 1.82) is 0 Å². The lowest BCUT2D eigenvalue weighted by atomic mass is 10.1. The number of likely N-dealkylation sites (tertiary alicyclic amines) is 1. The number of esters is 1. The number of Topliss-reactive ketones (excluding diaryl/α,β-unsaturated/α-hetero) is 1. The minimum absolute atomic E-state index is 0.0416. The van der Waals surface area contributed by atoms with Crippen LogP contribution in [0.25, 0.3) is 0 Å². The Hall–Kier alpha value is -0.900. The predicted molar refractivity (Wildman–Crippen MR) is 47.3 cm³/mol. The Morgan fingerprint density at radius 3 is 3.00 bits per heavy atom. The second-order valence-electron chi connectivity index (χ2n) is 3.31. The second kappa shape index (κ2) is 4.37. The zero-order valence-corrected chi connectivity index (χ0v) is 8.08. The summed E-state index contributed by atoms with van der Waals surface area (Å²) in [5.41, 5.74) is 0. The van der Waals surface area contributed by atoms with Crippen LogP contribution in [0.3, 0.4) is 0 Å². The Kier molecular flexibility index (Phi) is 3.42. The van der Waals surface area contributed by atoms with Gasteiger partial charge in [0.1, 0.15) is 0 Å². The van der Waals surface area contributed by atoms with Gasteiger partial charge < -0.3 is 9.64 Å². The molecule has 13 heavy (non-hydrogen) atoms. The van der Waals surface area contributed by atoms with E-state index in [1.165, 1.54) is 0 Å². The zero-order chi connectivity index (χ0) is 9.84. The number of ether oxygens (including phenoxy) is 1. The highest BCUT2D eigenvalue weighted by Gasteiger charge is 2.27. The highest BCUT2D eigenvalue weighted by atomic mass is 16.5. The average Bonchev–Trinajstić information content (AvgIpc) is 2.11. The molecule has 1 fully saturated rings. The molecule has 0 aromatic heterocycles. The standard InChI is InChI=1S/C9H15NO3/c1-3-9(12)13-8-6-10(2)5-4-7(8)11/h8H,3-6H2,1-2H3. The van der Waals surface area contributed by atoms with Crippen LogP contribution in [0, 0.1) is 0 Å². The first-order valence-electron chi connectivity index (χ1n) is 4.54. The number of hydrogen-bond acceptors (Lipinski definition) is 4. The molecule has 0 aliphatic carbocycles. The molecule has 4 nitrogen and oxygen atoms in total. The van der Waals surface area contributed by atoms with E-state index in [-0.39, 0.29) is 11.8 Å². The molecular formula is C9H15NO3. The van der Waals surface area contributed by atoms with Crippen molar-refractivity contribution in [3.63, 3.8) is 0 Å². The van der Waals surface area contributed by atoms with Crippen molar-refractivity contribution >= 4 is 11.8 Å². The minimum atomic E-state index is -0.536. The summed E-state index contributed by atoms with van der Waals surface area (Å²) in [5, 5.41) is 0. The topological polar surface area (TPSA) is 46.6 Å². The molecule has 0 spiro atoms. The third-order valence-corrected chi connectivity index (χ3v) is 2.14. The fourth-order valence-electron chi connectivity index (χ4n) is 1.28. The molecule has 1 atom stereocenters. The maximum absolute atomic E-state index is 11.3. The number of carbonyl (C=O) groups excluding carboxylic acids is 2. The first kappa shape index (κ1) is 10.2. The molecule has 1 saturated heterocycles. The second-order valence-corrected chi connectivity index (χ2v) is 3.31. The summed E-state index contributed by atoms with van der Waals surface area (Å²) >= 11 is 0. The monoisotopic (exact) mass is 185 g/mol. The van der Waals surface area contributed by atoms with Gasteiger partial charge in [0.25, 0.3) is 0 Å². The molecule has 74 valence electrons. The summed E-state index contributed by atoms with van der Waals surface area (Å²) < 4.78 is 4.99. The van der Waals surface area contributed by atoms with Gasteiger partial charge in [-0.1, -0.05) is 6.92 Å². The maximum Gasteiger partial charge on any atom is 0.306 e. The number of likely N-dealkylation sites (N-methyl/N-ethyl adjacent to an activating group) is 1. The summed E-state index contributed by atoms with van der Waals surface area (Å²) in [6.45, 7) is 3.02. The van der Waals surface area contributed by atoms with E-state index in [0.29, 0.717) is 19.4 Å². The van der Waals surface area contributed by atoms with E-state index in [1.807, 2.05) is 11.9 Å². The van der Waals surface area contributed by atoms with Crippen molar-refractivity contribution in [1.82, 2.24) is 4.90 Å². The lowest BCUT2D eigenvalue weighted by molar-refractivity contribution is -0.157. The number of nitrogens with zero attached hydrogens (tertiary/aromatic N) is 1. The number of carbonyl (C=O) groups is 2. The minimum Gasteiger partial charge on any atom is -0.453 e. The smallest absolute Gasteiger partial charge is 0.306 e. The molecule has 1 unspecified atom stereocenters. The molecule has 0 aromatic rings. The lowest BCUT2D eigenvalue weighted by Gasteiger charge is -2.27. The van der Waals surface area contributed by atoms with Gasteiger partial charge in [-0.2, -0.15) is 0 Å². The van der Waals surface area contributed by atoms with Crippen LogP contribution in [0.5, 0.6) is 0 Å². The molecule has 1 aliphatic heterocycles. The Balaban J connectivity index is 2.46. The summed E-state index contributed by atoms with van der Waals surface area (Å²) in [4.78, 5) is 24.2. The molecule has 1 aliphatic rings. The normalized spacial score (nSPS) is 24.5. The van der Waals surface area contributed by atoms with Crippen LogP contribution in [0.2, 0.25) is 0 Å². The van der Waals surface area contributed by atoms with Crippen LogP contribution in [0.1, 0.15) is 19.8 Å². The van der Waals surface area contributed by atoms with Gasteiger partial charge in [0.15, 0.2) is 11.9 Å². The first-order chi connectivity index (χ1) is 6.13. The fraction of sp³-hybridized carbons (Fsp3) is 0.778. The lowest BCUT2D eigenvalue weighted by Crippen LogP contribution is -2.44. The largest absolute Gasteiger partial charge is 0.453 e. The third-order valence-electron chi connectivity index (χ3n) is 2.14. The van der Waals surface area contributed by atoms with Crippen LogP contribution in [0.4, 0.5) is 0 Å². The van der Waals surface area contributed by atoms with E-state index in [1.54, 1.807) is 6.92 Å². The van der Waals surface area contributed by atoms with Gasteiger partial charge in [-0.15, -0.1) is 0 Å². The van der Waals surface area contributed by atoms with Crippen molar-refractivity contribution in [3.8, 4) is 0 Å². The van der Waals surface area contributed by atoms with E-state index in [9.17, 15) is 9.59 Å². The van der Waals surface area contributed by atoms with Crippen LogP contribution in [-0.2, 0) is 14.3 Å². The maximum atomic E-state index is 11.3. The van der Waals surface area contributed by atoms with E-state index >= 15 is 0 Å². The number of hydrogen-bond donors (Lipinski definition) is 0. The molecule has 1 heterocycles. The SMILES string of the molecule is CCC(=O)OC1CN(C)CCC1=O. The van der Waals surface area contributed by atoms with E-state index < -0.39 is 6.10 Å². The molecule has 0 radical (unpaired) electrons. The van der Waals surface area contributed by atoms with Gasteiger partial charge in [0.2, 0.25) is 0 Å². The van der Waals surface area contributed by atoms with Crippen molar-refractivity contribution < 1.29 is 14.3 Å². The highest BCUT2D eigenvalue weighted by molar-refractivity contribution is 5.86. The van der Waals surface area contributed by atoms with Crippen LogP contribution >= 0.6 is 0 Å². The molecular weight excluding hydrogens is 170 g/mol. The number of rotatable bonds is 2. The quantitative estimate of drug-likeness (QED) is 0.577. The Morgan fingerprint density at radius 2 is 2.38 bits per heavy atom. The van der Waals surface area contributed by atoms with Gasteiger partial charge in [0, 0.05) is 25.9 Å².